The number of rotatable bonds is 12. The van der Waals surface area contributed by atoms with Gasteiger partial charge in [-0.3, -0.25) is 0 Å². The van der Waals surface area contributed by atoms with Crippen LogP contribution in [0.3, 0.4) is 0 Å². The third kappa shape index (κ3) is 17.9. The van der Waals surface area contributed by atoms with Gasteiger partial charge in [-0.15, -0.1) is 0 Å². The number of benzene rings is 8. The zero-order valence-electron chi connectivity index (χ0n) is 51.9. The van der Waals surface area contributed by atoms with Gasteiger partial charge in [0.25, 0.3) is 0 Å². The van der Waals surface area contributed by atoms with Gasteiger partial charge in [-0.2, -0.15) is 0 Å². The van der Waals surface area contributed by atoms with E-state index in [0.29, 0.717) is 100.0 Å². The molecule has 464 valence electrons. The maximum atomic E-state index is 5.66. The van der Waals surface area contributed by atoms with Crippen molar-refractivity contribution in [2.75, 3.05) is 52.9 Å². The van der Waals surface area contributed by atoms with Crippen LogP contribution in [0.25, 0.3) is 21.3 Å². The molecule has 0 amide bonds. The molecule has 8 aromatic carbocycles. The second kappa shape index (κ2) is 33.2. The van der Waals surface area contributed by atoms with E-state index < -0.39 is 0 Å². The minimum Gasteiger partial charge on any atom is -0.645 e. The quantitative estimate of drug-likeness (QED) is 0.108. The number of ether oxygens (including phenoxy) is 8. The zero-order valence-corrected chi connectivity index (χ0v) is 57.9. The van der Waals surface area contributed by atoms with Crippen molar-refractivity contribution in [1.82, 2.24) is 0 Å². The van der Waals surface area contributed by atoms with Gasteiger partial charge in [-0.1, -0.05) is 289 Å². The standard InChI is InChI=1S/4C19H17N2O2.2Zn/c4*1-3-7-14(8-4-1)16-12-22-18(20-16)11-19-21-17(13-23-19)15-9-5-2-6-10-15;;/h4*1-11,16-17H,12-13H2;;/q4*-1;2*+2/b4*18-11+;;/t4*16-,17-;;/m1111../s1. The molecule has 0 N–H and O–H groups in total. The summed E-state index contributed by atoms with van der Waals surface area (Å²) in [6, 6.07) is 81.7. The van der Waals surface area contributed by atoms with Gasteiger partial charge < -0.3 is 59.2 Å². The van der Waals surface area contributed by atoms with Crippen LogP contribution < -0.4 is 0 Å². The first-order valence-electron chi connectivity index (χ1n) is 31.0. The Hall–Kier alpha value is -9.75. The molecular weight excluding hydrogens is 1280 g/mol. The van der Waals surface area contributed by atoms with Crippen molar-refractivity contribution < 1.29 is 76.9 Å². The van der Waals surface area contributed by atoms with Gasteiger partial charge in [0.1, 0.15) is 50.6 Å². The molecule has 8 aliphatic heterocycles. The molecule has 0 aromatic heterocycles. The fourth-order valence-electron chi connectivity index (χ4n) is 11.0. The van der Waals surface area contributed by atoms with E-state index in [4.69, 9.17) is 37.9 Å². The monoisotopic (exact) mass is 1350 g/mol. The fourth-order valence-corrected chi connectivity index (χ4v) is 11.0. The van der Waals surface area contributed by atoms with Crippen molar-refractivity contribution in [1.29, 1.82) is 0 Å². The molecule has 0 aliphatic carbocycles. The normalized spacial score (nSPS) is 24.2. The van der Waals surface area contributed by atoms with E-state index in [9.17, 15) is 0 Å². The molecule has 0 unspecified atom stereocenters. The number of aliphatic imine (C=N–C) groups is 4. The zero-order chi connectivity index (χ0) is 61.9. The van der Waals surface area contributed by atoms with Crippen LogP contribution in [0.15, 0.2) is 310 Å². The van der Waals surface area contributed by atoms with E-state index in [0.717, 1.165) is 44.5 Å². The number of nitrogens with zero attached hydrogens (tertiary/aromatic N) is 8. The van der Waals surface area contributed by atoms with Gasteiger partial charge in [0.15, 0.2) is 0 Å². The second-order valence-electron chi connectivity index (χ2n) is 22.2. The summed E-state index contributed by atoms with van der Waals surface area (Å²) in [6.45, 7) is 4.49. The van der Waals surface area contributed by atoms with E-state index in [1.807, 2.05) is 146 Å². The Balaban J connectivity index is 0.000000127. The van der Waals surface area contributed by atoms with Crippen LogP contribution in [0.2, 0.25) is 0 Å². The molecule has 4 fully saturated rings. The molecule has 8 aliphatic rings. The van der Waals surface area contributed by atoms with Crippen molar-refractivity contribution in [3.05, 3.63) is 356 Å². The molecule has 4 saturated heterocycles. The van der Waals surface area contributed by atoms with E-state index in [1.54, 1.807) is 24.3 Å². The van der Waals surface area contributed by atoms with Crippen molar-refractivity contribution >= 4 is 23.6 Å². The maximum Gasteiger partial charge on any atom is 2.00 e. The Kier molecular flexibility index (Phi) is 23.2. The Morgan fingerprint density at radius 1 is 0.223 bits per heavy atom. The second-order valence-corrected chi connectivity index (χ2v) is 22.2. The van der Waals surface area contributed by atoms with Gasteiger partial charge in [-0.05, 0) is 22.3 Å². The molecule has 8 atom stereocenters. The molecule has 16 rings (SSSR count). The van der Waals surface area contributed by atoms with Crippen LogP contribution in [0.5, 0.6) is 0 Å². The molecule has 8 heterocycles. The summed E-state index contributed by atoms with van der Waals surface area (Å²) in [4.78, 5) is 18.4. The van der Waals surface area contributed by atoms with Crippen molar-refractivity contribution in [2.24, 2.45) is 20.0 Å². The van der Waals surface area contributed by atoms with E-state index >= 15 is 0 Å². The van der Waals surface area contributed by atoms with Gasteiger partial charge in [0.2, 0.25) is 23.6 Å². The minimum atomic E-state index is 0. The first-order chi connectivity index (χ1) is 45.5. The third-order valence-electron chi connectivity index (χ3n) is 15.8. The molecule has 16 nitrogen and oxygen atoms in total. The number of hydrogen-bond acceptors (Lipinski definition) is 12. The first-order valence-corrected chi connectivity index (χ1v) is 31.0. The van der Waals surface area contributed by atoms with E-state index in [-0.39, 0.29) is 87.3 Å². The third-order valence-corrected chi connectivity index (χ3v) is 15.8. The van der Waals surface area contributed by atoms with Gasteiger partial charge in [-0.25, -0.2) is 20.0 Å². The first kappa shape index (κ1) is 65.7. The summed E-state index contributed by atoms with van der Waals surface area (Å²) in [5.41, 5.74) is 9.28. The Morgan fingerprint density at radius 2 is 0.394 bits per heavy atom. The number of hydrogen-bond donors (Lipinski definition) is 0. The molecule has 8 aromatic rings. The largest absolute Gasteiger partial charge is 2.00 e. The fraction of sp³-hybridized carbons (Fsp3) is 0.211. The average molecular weight is 1350 g/mol. The van der Waals surface area contributed by atoms with Crippen LogP contribution in [0, 0.1) is 0 Å². The van der Waals surface area contributed by atoms with E-state index in [2.05, 4.69) is 138 Å². The van der Waals surface area contributed by atoms with Gasteiger partial charge >= 0.3 is 39.0 Å². The maximum absolute atomic E-state index is 5.66. The minimum absolute atomic E-state index is 0. The summed E-state index contributed by atoms with van der Waals surface area (Å²) in [5, 5.41) is 18.4. The SMILES string of the molecule is C(/C1=N[C@@H](c2ccccc2)CO1)=C1/[N-][C@@H](c2ccccc2)CO1.C(/C1=N[C@@H](c2ccccc2)CO1)=C1/[N-][C@@H](c2ccccc2)CO1.C(/C1=N[C@@H](c2ccccc2)CO1)=C1/[N-][C@@H](c2ccccc2)CO1.C(/C1=N[C@@H](c2ccccc2)CO1)=C1/[N-][C@@H](c2ccccc2)CO1.[Zn+2].[Zn+2]. The molecule has 0 radical (unpaired) electrons. The predicted octanol–water partition coefficient (Wildman–Crippen LogP) is 16.6. The molecule has 0 saturated carbocycles. The van der Waals surface area contributed by atoms with Crippen molar-refractivity contribution in [3.63, 3.8) is 0 Å². The van der Waals surface area contributed by atoms with Crippen molar-refractivity contribution in [3.8, 4) is 0 Å². The summed E-state index contributed by atoms with van der Waals surface area (Å²) in [7, 11) is 0. The predicted molar refractivity (Wildman–Crippen MR) is 357 cm³/mol. The molecule has 94 heavy (non-hydrogen) atoms. The summed E-state index contributed by atoms with van der Waals surface area (Å²) < 4.78 is 45.3. The summed E-state index contributed by atoms with van der Waals surface area (Å²) in [6.07, 6.45) is 7.13. The molecule has 0 spiro atoms. The van der Waals surface area contributed by atoms with Crippen LogP contribution in [0.4, 0.5) is 0 Å². The molecular formula is C76H68N8O8Zn2. The summed E-state index contributed by atoms with van der Waals surface area (Å²) in [5.74, 6) is 4.71. The van der Waals surface area contributed by atoms with E-state index in [1.165, 1.54) is 0 Å². The Morgan fingerprint density at radius 3 is 0.574 bits per heavy atom. The Bertz CT molecular complexity index is 3430. The van der Waals surface area contributed by atoms with Crippen LogP contribution >= 0.6 is 0 Å². The van der Waals surface area contributed by atoms with Crippen LogP contribution in [-0.4, -0.2) is 76.4 Å². The Labute approximate surface area is 574 Å². The van der Waals surface area contributed by atoms with Gasteiger partial charge in [0.05, 0.1) is 26.4 Å². The van der Waals surface area contributed by atoms with Gasteiger partial charge in [0, 0.05) is 47.8 Å². The van der Waals surface area contributed by atoms with Crippen LogP contribution in [0.1, 0.15) is 92.8 Å². The summed E-state index contributed by atoms with van der Waals surface area (Å²) >= 11 is 0. The average Bonchev–Trinajstić information content (AvgIpc) is 1.97. The topological polar surface area (TPSA) is 180 Å². The molecule has 18 heteroatoms. The van der Waals surface area contributed by atoms with Crippen LogP contribution in [-0.2, 0) is 76.9 Å². The smallest absolute Gasteiger partial charge is 0.645 e. The molecule has 0 bridgehead atoms. The van der Waals surface area contributed by atoms with Crippen molar-refractivity contribution in [2.45, 2.75) is 48.3 Å².